The van der Waals surface area contributed by atoms with Gasteiger partial charge in [0.15, 0.2) is 11.5 Å². The summed E-state index contributed by atoms with van der Waals surface area (Å²) in [5.74, 6) is -0.203. The van der Waals surface area contributed by atoms with E-state index in [1.165, 1.54) is 0 Å². The molecule has 0 fully saturated rings. The summed E-state index contributed by atoms with van der Waals surface area (Å²) in [4.78, 5) is 7.29. The van der Waals surface area contributed by atoms with Crippen LogP contribution in [0, 0.1) is 0 Å². The minimum Gasteiger partial charge on any atom is -0.504 e. The van der Waals surface area contributed by atoms with Crippen LogP contribution in [0.3, 0.4) is 0 Å². The fraction of sp³-hybridized carbons (Fsp3) is 0.0500. The predicted octanol–water partition coefficient (Wildman–Crippen LogP) is 4.74. The first-order chi connectivity index (χ1) is 12.1. The normalized spacial score (nSPS) is 15.4. The molecule has 3 aromatic rings. The maximum absolute atomic E-state index is 9.69. The Labute approximate surface area is 149 Å². The number of phenols is 2. The molecular weight excluding hydrogens is 332 g/mol. The number of anilines is 1. The highest BCUT2D eigenvalue weighted by atomic mass is 32.2. The molecule has 0 radical (unpaired) electrons. The van der Waals surface area contributed by atoms with Crippen molar-refractivity contribution >= 4 is 34.4 Å². The monoisotopic (exact) mass is 348 g/mol. The van der Waals surface area contributed by atoms with Crippen molar-refractivity contribution in [2.45, 2.75) is 4.90 Å². The van der Waals surface area contributed by atoms with E-state index in [-0.39, 0.29) is 11.5 Å². The van der Waals surface area contributed by atoms with Gasteiger partial charge >= 0.3 is 0 Å². The van der Waals surface area contributed by atoms with E-state index in [9.17, 15) is 10.2 Å². The number of hydrogen-bond donors (Lipinski definition) is 2. The van der Waals surface area contributed by atoms with Gasteiger partial charge < -0.3 is 15.1 Å². The summed E-state index contributed by atoms with van der Waals surface area (Å²) in [6, 6.07) is 13.2. The summed E-state index contributed by atoms with van der Waals surface area (Å²) >= 11 is 1.56. The second-order valence-corrected chi connectivity index (χ2v) is 6.81. The number of benzene rings is 2. The lowest BCUT2D eigenvalue weighted by atomic mass is 10.1. The number of pyridine rings is 1. The molecule has 0 amide bonds. The minimum atomic E-state index is -0.105. The number of fused-ring (bicyclic) bond motifs is 2. The van der Waals surface area contributed by atoms with Crippen molar-refractivity contribution in [1.82, 2.24) is 4.98 Å². The van der Waals surface area contributed by atoms with Crippen LogP contribution in [0.4, 0.5) is 5.69 Å². The Kier molecular flexibility index (Phi) is 3.86. The molecule has 2 aromatic carbocycles. The molecule has 4 rings (SSSR count). The number of aromatic nitrogens is 1. The van der Waals surface area contributed by atoms with Gasteiger partial charge in [-0.15, -0.1) is 0 Å². The van der Waals surface area contributed by atoms with Crippen LogP contribution in [0.1, 0.15) is 5.56 Å². The summed E-state index contributed by atoms with van der Waals surface area (Å²) in [6.07, 6.45) is 7.90. The lowest BCUT2D eigenvalue weighted by molar-refractivity contribution is 0.403. The third-order valence-corrected chi connectivity index (χ3v) is 5.33. The average Bonchev–Trinajstić information content (AvgIpc) is 2.91. The van der Waals surface area contributed by atoms with Crippen molar-refractivity contribution in [2.75, 3.05) is 11.9 Å². The van der Waals surface area contributed by atoms with Crippen LogP contribution in [0.15, 0.2) is 70.7 Å². The number of hydrogen-bond acceptors (Lipinski definition) is 5. The maximum atomic E-state index is 9.69. The highest BCUT2D eigenvalue weighted by Crippen LogP contribution is 2.48. The lowest BCUT2D eigenvalue weighted by Crippen LogP contribution is -2.09. The summed E-state index contributed by atoms with van der Waals surface area (Å²) in [6.45, 7) is 0. The fourth-order valence-electron chi connectivity index (χ4n) is 2.83. The van der Waals surface area contributed by atoms with Gasteiger partial charge in [0.2, 0.25) is 0 Å². The minimum absolute atomic E-state index is 0.0975. The van der Waals surface area contributed by atoms with Crippen molar-refractivity contribution in [3.05, 3.63) is 71.4 Å². The second kappa shape index (κ2) is 6.18. The summed E-state index contributed by atoms with van der Waals surface area (Å²) in [7, 11) is 1.94. The number of para-hydroxylation sites is 1. The molecule has 0 saturated heterocycles. The van der Waals surface area contributed by atoms with Crippen LogP contribution in [-0.2, 0) is 0 Å². The molecule has 2 heterocycles. The Morgan fingerprint density at radius 1 is 1.08 bits per heavy atom. The Morgan fingerprint density at radius 3 is 2.76 bits per heavy atom. The van der Waals surface area contributed by atoms with E-state index in [2.05, 4.69) is 17.1 Å². The van der Waals surface area contributed by atoms with Crippen molar-refractivity contribution in [1.29, 1.82) is 0 Å². The smallest absolute Gasteiger partial charge is 0.159 e. The largest absolute Gasteiger partial charge is 0.504 e. The van der Waals surface area contributed by atoms with Crippen LogP contribution in [0.2, 0.25) is 0 Å². The average molecular weight is 348 g/mol. The van der Waals surface area contributed by atoms with E-state index < -0.39 is 0 Å². The first-order valence-corrected chi connectivity index (χ1v) is 8.65. The second-order valence-electron chi connectivity index (χ2n) is 5.75. The number of rotatable bonds is 2. The molecule has 0 bridgehead atoms. The summed E-state index contributed by atoms with van der Waals surface area (Å²) in [5.41, 5.74) is 2.97. The predicted molar refractivity (Wildman–Crippen MR) is 103 cm³/mol. The first-order valence-electron chi connectivity index (χ1n) is 7.83. The highest BCUT2D eigenvalue weighted by molar-refractivity contribution is 8.03. The van der Waals surface area contributed by atoms with Gasteiger partial charge in [-0.1, -0.05) is 42.1 Å². The third-order valence-electron chi connectivity index (χ3n) is 4.16. The molecule has 4 nitrogen and oxygen atoms in total. The Balaban J connectivity index is 1.63. The Bertz CT molecular complexity index is 1020. The maximum Gasteiger partial charge on any atom is 0.159 e. The summed E-state index contributed by atoms with van der Waals surface area (Å²) < 4.78 is 0. The highest BCUT2D eigenvalue weighted by Gasteiger charge is 2.23. The van der Waals surface area contributed by atoms with Gasteiger partial charge in [0.25, 0.3) is 0 Å². The van der Waals surface area contributed by atoms with Crippen molar-refractivity contribution in [3.63, 3.8) is 0 Å². The van der Waals surface area contributed by atoms with Crippen LogP contribution >= 0.6 is 11.8 Å². The zero-order valence-corrected chi connectivity index (χ0v) is 14.4. The molecule has 0 aliphatic carbocycles. The number of thioether (sulfide) groups is 1. The Hall–Kier alpha value is -2.92. The molecule has 0 atom stereocenters. The zero-order chi connectivity index (χ0) is 17.4. The molecule has 1 aliphatic heterocycles. The third kappa shape index (κ3) is 2.83. The molecule has 5 heteroatoms. The molecule has 2 N–H and O–H groups in total. The van der Waals surface area contributed by atoms with Crippen LogP contribution in [0.25, 0.3) is 17.0 Å². The Morgan fingerprint density at radius 2 is 1.88 bits per heavy atom. The van der Waals surface area contributed by atoms with Crippen molar-refractivity contribution < 1.29 is 10.2 Å². The van der Waals surface area contributed by atoms with Crippen LogP contribution < -0.4 is 4.90 Å². The van der Waals surface area contributed by atoms with E-state index in [1.807, 2.05) is 54.6 Å². The molecule has 124 valence electrons. The SMILES string of the molecule is CN1C(=CC=Cc2ccnc3ccccc23)Sc2cc(O)c(O)cc21. The van der Waals surface area contributed by atoms with Gasteiger partial charge in [-0.2, -0.15) is 0 Å². The van der Waals surface area contributed by atoms with Gasteiger partial charge in [-0.25, -0.2) is 0 Å². The van der Waals surface area contributed by atoms with Crippen molar-refractivity contribution in [2.24, 2.45) is 0 Å². The lowest BCUT2D eigenvalue weighted by Gasteiger charge is -2.13. The van der Waals surface area contributed by atoms with E-state index in [1.54, 1.807) is 23.9 Å². The first kappa shape index (κ1) is 15.6. The molecule has 25 heavy (non-hydrogen) atoms. The van der Waals surface area contributed by atoms with Gasteiger partial charge in [0, 0.05) is 29.6 Å². The van der Waals surface area contributed by atoms with Gasteiger partial charge in [0.1, 0.15) is 0 Å². The molecule has 0 unspecified atom stereocenters. The van der Waals surface area contributed by atoms with Gasteiger partial charge in [0.05, 0.1) is 16.2 Å². The number of phenolic OH excluding ortho intramolecular Hbond substituents is 2. The van der Waals surface area contributed by atoms with E-state index >= 15 is 0 Å². The quantitative estimate of drug-likeness (QED) is 0.655. The van der Waals surface area contributed by atoms with E-state index in [0.717, 1.165) is 32.1 Å². The van der Waals surface area contributed by atoms with Gasteiger partial charge in [-0.3, -0.25) is 4.98 Å². The van der Waals surface area contributed by atoms with E-state index in [0.29, 0.717) is 0 Å². The topological polar surface area (TPSA) is 56.6 Å². The van der Waals surface area contributed by atoms with Crippen LogP contribution in [0.5, 0.6) is 11.5 Å². The van der Waals surface area contributed by atoms with Crippen LogP contribution in [-0.4, -0.2) is 22.2 Å². The van der Waals surface area contributed by atoms with Gasteiger partial charge in [-0.05, 0) is 29.8 Å². The number of allylic oxidation sites excluding steroid dienone is 2. The molecule has 0 spiro atoms. The number of aromatic hydroxyl groups is 2. The molecular formula is C20H16N2O2S. The fourth-order valence-corrected chi connectivity index (χ4v) is 3.91. The molecule has 1 aromatic heterocycles. The molecule has 1 aliphatic rings. The van der Waals surface area contributed by atoms with E-state index in [4.69, 9.17) is 0 Å². The molecule has 0 saturated carbocycles. The van der Waals surface area contributed by atoms with Crippen molar-refractivity contribution in [3.8, 4) is 11.5 Å². The zero-order valence-electron chi connectivity index (χ0n) is 13.5. The number of nitrogens with zero attached hydrogens (tertiary/aromatic N) is 2. The standard InChI is InChI=1S/C20H16N2O2S/c1-22-16-11-17(23)18(24)12-19(16)25-20(22)8-4-5-13-9-10-21-15-7-3-2-6-14(13)15/h2-12,23-24H,1H3. The summed E-state index contributed by atoms with van der Waals surface area (Å²) in [5, 5.41) is 21.5.